The summed E-state index contributed by atoms with van der Waals surface area (Å²) in [5.74, 6) is -3.60. The molecular formula is C3H3FO2. The summed E-state index contributed by atoms with van der Waals surface area (Å²) in [6.07, 6.45) is 0. The van der Waals surface area contributed by atoms with Crippen LogP contribution in [-0.4, -0.2) is 11.1 Å². The lowest BCUT2D eigenvalue weighted by Gasteiger charge is -1.75. The monoisotopic (exact) mass is 92.0 g/mol. The van der Waals surface area contributed by atoms with Crippen molar-refractivity contribution in [2.45, 2.75) is 0 Å². The molecule has 0 rings (SSSR count). The van der Waals surface area contributed by atoms with E-state index in [-0.39, 0.29) is 0 Å². The molecule has 6 heavy (non-hydrogen) atoms. The molecule has 0 saturated carbocycles. The van der Waals surface area contributed by atoms with E-state index >= 15 is 0 Å². The molecule has 0 aromatic rings. The van der Waals surface area contributed by atoms with Gasteiger partial charge >= 0.3 is 5.97 Å². The number of aliphatic carboxylic acids is 1. The van der Waals surface area contributed by atoms with Crippen LogP contribution in [0.15, 0.2) is 12.4 Å². The fraction of sp³-hybridized carbons (Fsp3) is 0. The Morgan fingerprint density at radius 1 is 2.17 bits per heavy atom. The molecule has 0 aliphatic rings. The largest absolute Gasteiger partial charge is 0.476 e. The molecule has 0 aromatic heterocycles. The Hall–Kier alpha value is -0.860. The minimum atomic E-state index is -1.87. The highest BCUT2D eigenvalue weighted by Crippen LogP contribution is 1.86. The Morgan fingerprint density at radius 3 is 2.67 bits per heavy atom. The molecule has 0 bridgehead atoms. The summed E-state index contributed by atoms with van der Waals surface area (Å²) in [6.45, 7) is -1.31. The Morgan fingerprint density at radius 2 is 2.67 bits per heavy atom. The number of carbonyl (C=O) groups is 1. The molecule has 0 radical (unpaired) electrons. The van der Waals surface area contributed by atoms with Gasteiger partial charge in [-0.05, 0) is 0 Å². The van der Waals surface area contributed by atoms with Gasteiger partial charge in [0.1, 0.15) is 0 Å². The van der Waals surface area contributed by atoms with E-state index < -0.39 is 18.3 Å². The van der Waals surface area contributed by atoms with Crippen molar-refractivity contribution in [1.29, 1.82) is 0 Å². The first-order chi connectivity index (χ1) is 3.55. The Balaban J connectivity index is 4.23. The topological polar surface area (TPSA) is 37.3 Å². The second-order valence-corrected chi connectivity index (χ2v) is 0.619. The summed E-state index contributed by atoms with van der Waals surface area (Å²) in [5.41, 5.74) is 0. The van der Waals surface area contributed by atoms with Gasteiger partial charge in [0.15, 0.2) is 0 Å². The molecule has 0 spiro atoms. The van der Waals surface area contributed by atoms with E-state index in [1.165, 1.54) is 0 Å². The molecule has 0 aliphatic heterocycles. The third-order valence-corrected chi connectivity index (χ3v) is 0.188. The van der Waals surface area contributed by atoms with Crippen molar-refractivity contribution in [1.82, 2.24) is 0 Å². The Labute approximate surface area is 36.7 Å². The fourth-order valence-corrected chi connectivity index (χ4v) is 0. The molecule has 0 saturated heterocycles. The first-order valence-corrected chi connectivity index (χ1v) is 1.12. The van der Waals surface area contributed by atoms with Crippen molar-refractivity contribution in [2.24, 2.45) is 0 Å². The molecule has 1 N–H and O–H groups in total. The second-order valence-electron chi connectivity index (χ2n) is 0.619. The van der Waals surface area contributed by atoms with Gasteiger partial charge in [-0.2, -0.15) is 4.39 Å². The first-order valence-electron chi connectivity index (χ1n) is 2.12. The lowest BCUT2D eigenvalue weighted by molar-refractivity contribution is -0.134. The van der Waals surface area contributed by atoms with E-state index in [2.05, 4.69) is 0 Å². The number of hydrogen-bond acceptors (Lipinski definition) is 1. The summed E-state index contributed by atoms with van der Waals surface area (Å²) >= 11 is 0. The van der Waals surface area contributed by atoms with Crippen LogP contribution in [0.25, 0.3) is 0 Å². The minimum Gasteiger partial charge on any atom is -0.476 e. The molecule has 0 amide bonds. The molecule has 0 aliphatic carbocycles. The van der Waals surface area contributed by atoms with E-state index in [9.17, 15) is 9.18 Å². The summed E-state index contributed by atoms with van der Waals surface area (Å²) in [5, 5.41) is 7.68. The fourth-order valence-electron chi connectivity index (χ4n) is 0. The van der Waals surface area contributed by atoms with Crippen LogP contribution >= 0.6 is 0 Å². The van der Waals surface area contributed by atoms with E-state index in [0.717, 1.165) is 0 Å². The smallest absolute Gasteiger partial charge is 0.364 e. The van der Waals surface area contributed by atoms with Crippen molar-refractivity contribution in [2.75, 3.05) is 0 Å². The zero-order valence-corrected chi connectivity index (χ0v) is 2.73. The molecular weight excluding hydrogens is 87.0 g/mol. The van der Waals surface area contributed by atoms with Gasteiger partial charge in [-0.25, -0.2) is 4.79 Å². The van der Waals surface area contributed by atoms with E-state index in [4.69, 9.17) is 7.85 Å². The number of rotatable bonds is 1. The van der Waals surface area contributed by atoms with Crippen molar-refractivity contribution < 1.29 is 17.0 Å². The molecule has 3 heteroatoms. The highest BCUT2D eigenvalue weighted by Gasteiger charge is 1.96. The van der Waals surface area contributed by atoms with Gasteiger partial charge in [0.2, 0.25) is 5.83 Å². The van der Waals surface area contributed by atoms with E-state index in [1.54, 1.807) is 0 Å². The van der Waals surface area contributed by atoms with Gasteiger partial charge < -0.3 is 5.11 Å². The van der Waals surface area contributed by atoms with Gasteiger partial charge in [-0.1, -0.05) is 6.53 Å². The molecule has 0 unspecified atom stereocenters. The maximum atomic E-state index is 11.6. The maximum Gasteiger partial charge on any atom is 0.364 e. The average molecular weight is 92.1 g/mol. The van der Waals surface area contributed by atoms with Crippen LogP contribution in [0.4, 0.5) is 4.39 Å². The molecule has 0 aromatic carbocycles. The number of carboxylic acids is 1. The SMILES string of the molecule is [2H]C([2H])=C(F)C(=O)O. The lowest BCUT2D eigenvalue weighted by atomic mass is 10.6. The van der Waals surface area contributed by atoms with E-state index in [1.807, 2.05) is 0 Å². The van der Waals surface area contributed by atoms with E-state index in [0.29, 0.717) is 0 Å². The zero-order chi connectivity index (χ0) is 6.73. The third kappa shape index (κ3) is 1.46. The van der Waals surface area contributed by atoms with Crippen molar-refractivity contribution in [3.8, 4) is 0 Å². The zero-order valence-electron chi connectivity index (χ0n) is 4.73. The van der Waals surface area contributed by atoms with Crippen molar-refractivity contribution in [3.05, 3.63) is 12.4 Å². The van der Waals surface area contributed by atoms with Crippen molar-refractivity contribution in [3.63, 3.8) is 0 Å². The van der Waals surface area contributed by atoms with Crippen LogP contribution in [0, 0.1) is 0 Å². The quantitative estimate of drug-likeness (QED) is 0.479. The van der Waals surface area contributed by atoms with Gasteiger partial charge in [0.05, 0.1) is 2.74 Å². The van der Waals surface area contributed by atoms with Crippen LogP contribution in [0.5, 0.6) is 0 Å². The summed E-state index contributed by atoms with van der Waals surface area (Å²) in [4.78, 5) is 9.47. The van der Waals surface area contributed by atoms with Crippen LogP contribution in [0.1, 0.15) is 2.74 Å². The minimum absolute atomic E-state index is 1.31. The summed E-state index contributed by atoms with van der Waals surface area (Å²) in [7, 11) is 0. The predicted molar refractivity (Wildman–Crippen MR) is 17.9 cm³/mol. The number of halogens is 1. The predicted octanol–water partition coefficient (Wildman–Crippen LogP) is 0.554. The summed E-state index contributed by atoms with van der Waals surface area (Å²) < 4.78 is 23.8. The number of carboxylic acid groups (broad SMARTS) is 1. The normalized spacial score (nSPS) is 11.5. The van der Waals surface area contributed by atoms with Crippen molar-refractivity contribution >= 4 is 5.97 Å². The van der Waals surface area contributed by atoms with Gasteiger partial charge in [0.25, 0.3) is 0 Å². The van der Waals surface area contributed by atoms with Gasteiger partial charge in [-0.3, -0.25) is 0 Å². The average Bonchev–Trinajstić information content (AvgIpc) is 1.64. The van der Waals surface area contributed by atoms with Gasteiger partial charge in [0, 0.05) is 0 Å². The highest BCUT2D eigenvalue weighted by atomic mass is 19.1. The van der Waals surface area contributed by atoms with Crippen LogP contribution in [0.3, 0.4) is 0 Å². The summed E-state index contributed by atoms with van der Waals surface area (Å²) in [6, 6.07) is 0. The molecule has 0 atom stereocenters. The molecule has 0 heterocycles. The molecule has 0 fully saturated rings. The third-order valence-electron chi connectivity index (χ3n) is 0.188. The van der Waals surface area contributed by atoms with Crippen LogP contribution in [-0.2, 0) is 4.79 Å². The number of hydrogen-bond donors (Lipinski definition) is 1. The molecule has 34 valence electrons. The highest BCUT2D eigenvalue weighted by molar-refractivity contribution is 5.82. The first kappa shape index (κ1) is 2.34. The van der Waals surface area contributed by atoms with Crippen LogP contribution < -0.4 is 0 Å². The lowest BCUT2D eigenvalue weighted by Crippen LogP contribution is -1.90. The Kier molecular flexibility index (Phi) is 0.602. The van der Waals surface area contributed by atoms with Gasteiger partial charge in [-0.15, -0.1) is 0 Å². The maximum absolute atomic E-state index is 11.6. The second kappa shape index (κ2) is 1.55. The van der Waals surface area contributed by atoms with Crippen LogP contribution in [0.2, 0.25) is 0 Å². The Bertz CT molecular complexity index is 138. The molecule has 2 nitrogen and oxygen atoms in total. The standard InChI is InChI=1S/C3H3FO2/c1-2(4)3(5)6/h1H2,(H,5,6)/i1D2.